The molecule has 1 aliphatic rings. The molecule has 1 aromatic rings. The van der Waals surface area contributed by atoms with Crippen molar-refractivity contribution in [3.8, 4) is 6.07 Å². The van der Waals surface area contributed by atoms with Crippen molar-refractivity contribution in [2.75, 3.05) is 6.61 Å². The summed E-state index contributed by atoms with van der Waals surface area (Å²) in [7, 11) is 0. The van der Waals surface area contributed by atoms with Gasteiger partial charge in [-0.15, -0.1) is 5.10 Å². The Kier molecular flexibility index (Phi) is 2.43. The topological polar surface area (TPSA) is 84.0 Å². The zero-order chi connectivity index (χ0) is 9.97. The van der Waals surface area contributed by atoms with Crippen molar-refractivity contribution in [2.24, 2.45) is 0 Å². The van der Waals surface area contributed by atoms with Crippen molar-refractivity contribution in [1.82, 2.24) is 14.8 Å². The quantitative estimate of drug-likeness (QED) is 0.706. The lowest BCUT2D eigenvalue weighted by atomic mass is 10.2. The summed E-state index contributed by atoms with van der Waals surface area (Å²) in [5.74, 6) is 0.140. The van der Waals surface area contributed by atoms with Crippen molar-refractivity contribution < 1.29 is 9.84 Å². The van der Waals surface area contributed by atoms with E-state index in [1.165, 1.54) is 11.0 Å². The Morgan fingerprint density at radius 1 is 1.71 bits per heavy atom. The van der Waals surface area contributed by atoms with Crippen LogP contribution in [-0.4, -0.2) is 32.6 Å². The molecular weight excluding hydrogens is 184 g/mol. The summed E-state index contributed by atoms with van der Waals surface area (Å²) in [6.45, 7) is 0.0241. The molecule has 1 aromatic heterocycles. The lowest BCUT2D eigenvalue weighted by Crippen LogP contribution is -2.14. The monoisotopic (exact) mass is 194 g/mol. The minimum Gasteiger partial charge on any atom is -0.394 e. The molecule has 0 aromatic carbocycles. The highest BCUT2D eigenvalue weighted by Crippen LogP contribution is 2.26. The van der Waals surface area contributed by atoms with Gasteiger partial charge in [0.05, 0.1) is 12.7 Å². The average molecular weight is 194 g/mol. The summed E-state index contributed by atoms with van der Waals surface area (Å²) in [4.78, 5) is 3.78. The summed E-state index contributed by atoms with van der Waals surface area (Å²) >= 11 is 0. The molecule has 0 spiro atoms. The second-order valence-electron chi connectivity index (χ2n) is 3.13. The lowest BCUT2D eigenvalue weighted by molar-refractivity contribution is -0.0283. The Morgan fingerprint density at radius 2 is 2.57 bits per heavy atom. The third-order valence-corrected chi connectivity index (χ3v) is 2.19. The van der Waals surface area contributed by atoms with Crippen LogP contribution in [0.15, 0.2) is 6.33 Å². The fraction of sp³-hybridized carbons (Fsp3) is 0.625. The third kappa shape index (κ3) is 1.60. The number of hydrogen-bond acceptors (Lipinski definition) is 5. The van der Waals surface area contributed by atoms with Crippen LogP contribution in [-0.2, 0) is 4.74 Å². The van der Waals surface area contributed by atoms with Crippen LogP contribution in [0.25, 0.3) is 0 Å². The van der Waals surface area contributed by atoms with Crippen molar-refractivity contribution in [3.05, 3.63) is 12.2 Å². The molecule has 0 radical (unpaired) electrons. The first-order chi connectivity index (χ1) is 6.83. The normalized spacial score (nSPS) is 26.3. The van der Waals surface area contributed by atoms with Crippen LogP contribution in [0.5, 0.6) is 0 Å². The molecule has 74 valence electrons. The van der Waals surface area contributed by atoms with Crippen LogP contribution in [0.3, 0.4) is 0 Å². The van der Waals surface area contributed by atoms with Gasteiger partial charge >= 0.3 is 0 Å². The largest absolute Gasteiger partial charge is 0.394 e. The molecule has 0 amide bonds. The predicted octanol–water partition coefficient (Wildman–Crippen LogP) is -0.180. The molecule has 2 rings (SSSR count). The number of rotatable bonds is 2. The minimum atomic E-state index is -0.193. The van der Waals surface area contributed by atoms with E-state index in [0.717, 1.165) is 12.8 Å². The second kappa shape index (κ2) is 3.74. The van der Waals surface area contributed by atoms with Crippen LogP contribution in [0, 0.1) is 11.3 Å². The van der Waals surface area contributed by atoms with Crippen molar-refractivity contribution in [1.29, 1.82) is 5.26 Å². The van der Waals surface area contributed by atoms with E-state index < -0.39 is 0 Å². The Hall–Kier alpha value is -1.45. The Labute approximate surface area is 80.7 Å². The molecule has 1 fully saturated rings. The van der Waals surface area contributed by atoms with E-state index in [2.05, 4.69) is 10.1 Å². The highest BCUT2D eigenvalue weighted by atomic mass is 16.5. The third-order valence-electron chi connectivity index (χ3n) is 2.19. The van der Waals surface area contributed by atoms with Crippen molar-refractivity contribution >= 4 is 0 Å². The SMILES string of the molecule is N#Cc1ncn([C@H]2CC[C@@H](CO)O2)n1. The van der Waals surface area contributed by atoms with Crippen LogP contribution in [0.1, 0.15) is 24.9 Å². The molecule has 2 heterocycles. The zero-order valence-electron chi connectivity index (χ0n) is 7.50. The summed E-state index contributed by atoms with van der Waals surface area (Å²) in [6, 6.07) is 1.85. The van der Waals surface area contributed by atoms with E-state index in [1.54, 1.807) is 0 Å². The Balaban J connectivity index is 2.06. The van der Waals surface area contributed by atoms with Gasteiger partial charge in [-0.25, -0.2) is 9.67 Å². The number of aliphatic hydroxyl groups is 1. The second-order valence-corrected chi connectivity index (χ2v) is 3.13. The van der Waals surface area contributed by atoms with Gasteiger partial charge in [0.2, 0.25) is 0 Å². The minimum absolute atomic E-state index is 0.0241. The molecule has 14 heavy (non-hydrogen) atoms. The van der Waals surface area contributed by atoms with Gasteiger partial charge < -0.3 is 9.84 Å². The summed E-state index contributed by atoms with van der Waals surface area (Å²) < 4.78 is 6.98. The van der Waals surface area contributed by atoms with Crippen LogP contribution < -0.4 is 0 Å². The molecule has 0 saturated carbocycles. The van der Waals surface area contributed by atoms with E-state index >= 15 is 0 Å². The van der Waals surface area contributed by atoms with Crippen molar-refractivity contribution in [3.63, 3.8) is 0 Å². The average Bonchev–Trinajstić information content (AvgIpc) is 2.86. The number of hydrogen-bond donors (Lipinski definition) is 1. The zero-order valence-corrected chi connectivity index (χ0v) is 7.50. The van der Waals surface area contributed by atoms with Gasteiger partial charge in [-0.1, -0.05) is 0 Å². The summed E-state index contributed by atoms with van der Waals surface area (Å²) in [5, 5.41) is 21.3. The fourth-order valence-electron chi connectivity index (χ4n) is 1.48. The van der Waals surface area contributed by atoms with E-state index in [9.17, 15) is 0 Å². The number of aliphatic hydroxyl groups excluding tert-OH is 1. The number of nitrogens with zero attached hydrogens (tertiary/aromatic N) is 4. The molecule has 6 heteroatoms. The molecule has 6 nitrogen and oxygen atoms in total. The van der Waals surface area contributed by atoms with Gasteiger partial charge in [-0.3, -0.25) is 0 Å². The van der Waals surface area contributed by atoms with Gasteiger partial charge in [0.15, 0.2) is 6.23 Å². The standard InChI is InChI=1S/C8H10N4O2/c9-3-7-10-5-12(11-7)8-2-1-6(4-13)14-8/h5-6,8,13H,1-2,4H2/t6-,8+/m0/s1. The first-order valence-corrected chi connectivity index (χ1v) is 4.41. The van der Waals surface area contributed by atoms with Gasteiger partial charge in [-0.2, -0.15) is 5.26 Å². The summed E-state index contributed by atoms with van der Waals surface area (Å²) in [6.07, 6.45) is 2.77. The van der Waals surface area contributed by atoms with E-state index in [-0.39, 0.29) is 24.8 Å². The van der Waals surface area contributed by atoms with Crippen LogP contribution in [0.4, 0.5) is 0 Å². The first-order valence-electron chi connectivity index (χ1n) is 4.41. The van der Waals surface area contributed by atoms with Crippen molar-refractivity contribution in [2.45, 2.75) is 25.2 Å². The highest BCUT2D eigenvalue weighted by molar-refractivity contribution is 5.05. The number of ether oxygens (including phenoxy) is 1. The van der Waals surface area contributed by atoms with Gasteiger partial charge in [0, 0.05) is 0 Å². The van der Waals surface area contributed by atoms with E-state index in [4.69, 9.17) is 15.1 Å². The molecule has 0 unspecified atom stereocenters. The maximum atomic E-state index is 8.86. The van der Waals surface area contributed by atoms with E-state index in [1.807, 2.05) is 6.07 Å². The molecule has 2 atom stereocenters. The molecule has 1 aliphatic heterocycles. The highest BCUT2D eigenvalue weighted by Gasteiger charge is 2.26. The molecule has 0 bridgehead atoms. The van der Waals surface area contributed by atoms with E-state index in [0.29, 0.717) is 0 Å². The number of nitriles is 1. The molecule has 0 aliphatic carbocycles. The Bertz CT molecular complexity index is 356. The maximum Gasteiger partial charge on any atom is 0.252 e. The van der Waals surface area contributed by atoms with Crippen LogP contribution >= 0.6 is 0 Å². The Morgan fingerprint density at radius 3 is 3.14 bits per heavy atom. The smallest absolute Gasteiger partial charge is 0.252 e. The predicted molar refractivity (Wildman–Crippen MR) is 45.0 cm³/mol. The lowest BCUT2D eigenvalue weighted by Gasteiger charge is -2.10. The van der Waals surface area contributed by atoms with Gasteiger partial charge in [0.1, 0.15) is 12.4 Å². The molecule has 1 N–H and O–H groups in total. The first kappa shape index (κ1) is 9.12. The maximum absolute atomic E-state index is 8.86. The molecule has 1 saturated heterocycles. The summed E-state index contributed by atoms with van der Waals surface area (Å²) in [5.41, 5.74) is 0. The fourth-order valence-corrected chi connectivity index (χ4v) is 1.48. The molecular formula is C8H10N4O2. The van der Waals surface area contributed by atoms with Gasteiger partial charge in [-0.05, 0) is 12.8 Å². The van der Waals surface area contributed by atoms with Crippen LogP contribution in [0.2, 0.25) is 0 Å². The van der Waals surface area contributed by atoms with Gasteiger partial charge in [0.25, 0.3) is 5.82 Å². The number of aromatic nitrogens is 3.